The SMILES string of the molecule is CCc1cc(C)cc(CC)c1OCC1(C)CO1. The lowest BCUT2D eigenvalue weighted by Gasteiger charge is -2.17. The number of epoxide rings is 1. The third-order valence-corrected chi connectivity index (χ3v) is 3.31. The lowest BCUT2D eigenvalue weighted by Crippen LogP contribution is -2.18. The molecule has 2 nitrogen and oxygen atoms in total. The van der Waals surface area contributed by atoms with E-state index in [1.807, 2.05) is 0 Å². The number of rotatable bonds is 5. The molecule has 1 heterocycles. The van der Waals surface area contributed by atoms with Crippen molar-refractivity contribution in [1.82, 2.24) is 0 Å². The molecule has 0 bridgehead atoms. The smallest absolute Gasteiger partial charge is 0.125 e. The molecule has 2 rings (SSSR count). The molecule has 1 aliphatic heterocycles. The summed E-state index contributed by atoms with van der Waals surface area (Å²) in [6.45, 7) is 10.1. The summed E-state index contributed by atoms with van der Waals surface area (Å²) in [4.78, 5) is 0. The van der Waals surface area contributed by atoms with Crippen molar-refractivity contribution < 1.29 is 9.47 Å². The predicted octanol–water partition coefficient (Wildman–Crippen LogP) is 3.29. The van der Waals surface area contributed by atoms with Gasteiger partial charge in [-0.2, -0.15) is 0 Å². The van der Waals surface area contributed by atoms with Gasteiger partial charge < -0.3 is 9.47 Å². The van der Waals surface area contributed by atoms with E-state index >= 15 is 0 Å². The van der Waals surface area contributed by atoms with Crippen molar-refractivity contribution in [3.63, 3.8) is 0 Å². The van der Waals surface area contributed by atoms with E-state index in [4.69, 9.17) is 9.47 Å². The second-order valence-electron chi connectivity index (χ2n) is 5.15. The van der Waals surface area contributed by atoms with Crippen molar-refractivity contribution in [2.24, 2.45) is 0 Å². The Morgan fingerprint density at radius 3 is 2.18 bits per heavy atom. The van der Waals surface area contributed by atoms with Crippen LogP contribution in [0.25, 0.3) is 0 Å². The van der Waals surface area contributed by atoms with Gasteiger partial charge in [0.2, 0.25) is 0 Å². The van der Waals surface area contributed by atoms with E-state index in [9.17, 15) is 0 Å². The first-order valence-corrected chi connectivity index (χ1v) is 6.47. The molecule has 0 radical (unpaired) electrons. The lowest BCUT2D eigenvalue weighted by atomic mass is 10.0. The van der Waals surface area contributed by atoms with Gasteiger partial charge in [0.15, 0.2) is 0 Å². The maximum atomic E-state index is 6.01. The second kappa shape index (κ2) is 4.69. The Balaban J connectivity index is 2.22. The number of aryl methyl sites for hydroxylation is 3. The fourth-order valence-electron chi connectivity index (χ4n) is 2.07. The van der Waals surface area contributed by atoms with E-state index in [1.54, 1.807) is 0 Å². The third-order valence-electron chi connectivity index (χ3n) is 3.31. The van der Waals surface area contributed by atoms with Crippen LogP contribution in [0.5, 0.6) is 5.75 Å². The molecule has 0 spiro atoms. The van der Waals surface area contributed by atoms with Gasteiger partial charge in [0, 0.05) is 0 Å². The molecule has 2 heteroatoms. The summed E-state index contributed by atoms with van der Waals surface area (Å²) in [6, 6.07) is 4.45. The Morgan fingerprint density at radius 2 is 1.76 bits per heavy atom. The largest absolute Gasteiger partial charge is 0.490 e. The minimum atomic E-state index is -0.0408. The van der Waals surface area contributed by atoms with E-state index in [0.717, 1.165) is 25.2 Å². The maximum absolute atomic E-state index is 6.01. The molecule has 1 unspecified atom stereocenters. The van der Waals surface area contributed by atoms with Gasteiger partial charge in [-0.05, 0) is 37.8 Å². The molecule has 1 aromatic rings. The van der Waals surface area contributed by atoms with Gasteiger partial charge in [-0.15, -0.1) is 0 Å². The van der Waals surface area contributed by atoms with Crippen molar-refractivity contribution in [2.75, 3.05) is 13.2 Å². The van der Waals surface area contributed by atoms with Gasteiger partial charge in [0.05, 0.1) is 6.61 Å². The summed E-state index contributed by atoms with van der Waals surface area (Å²) in [7, 11) is 0. The van der Waals surface area contributed by atoms with Crippen LogP contribution in [0.15, 0.2) is 12.1 Å². The van der Waals surface area contributed by atoms with Gasteiger partial charge >= 0.3 is 0 Å². The first-order chi connectivity index (χ1) is 8.08. The zero-order valence-corrected chi connectivity index (χ0v) is 11.3. The second-order valence-corrected chi connectivity index (χ2v) is 5.15. The van der Waals surface area contributed by atoms with E-state index in [1.165, 1.54) is 16.7 Å². The fourth-order valence-corrected chi connectivity index (χ4v) is 2.07. The Hall–Kier alpha value is -1.02. The van der Waals surface area contributed by atoms with Crippen LogP contribution in [-0.2, 0) is 17.6 Å². The molecule has 1 aliphatic rings. The van der Waals surface area contributed by atoms with Crippen molar-refractivity contribution in [2.45, 2.75) is 46.1 Å². The van der Waals surface area contributed by atoms with Gasteiger partial charge in [-0.3, -0.25) is 0 Å². The summed E-state index contributed by atoms with van der Waals surface area (Å²) in [5.74, 6) is 1.08. The standard InChI is InChI=1S/C15H22O2/c1-5-12-7-11(3)8-13(6-2)14(12)16-9-15(4)10-17-15/h7-8H,5-6,9-10H2,1-4H3. The summed E-state index contributed by atoms with van der Waals surface area (Å²) < 4.78 is 11.4. The first kappa shape index (κ1) is 12.4. The molecule has 17 heavy (non-hydrogen) atoms. The lowest BCUT2D eigenvalue weighted by molar-refractivity contribution is 0.200. The van der Waals surface area contributed by atoms with E-state index in [2.05, 4.69) is 39.8 Å². The van der Waals surface area contributed by atoms with Crippen LogP contribution in [0.3, 0.4) is 0 Å². The summed E-state index contributed by atoms with van der Waals surface area (Å²) >= 11 is 0. The summed E-state index contributed by atoms with van der Waals surface area (Å²) in [5, 5.41) is 0. The Kier molecular flexibility index (Phi) is 3.43. The minimum absolute atomic E-state index is 0.0408. The zero-order valence-electron chi connectivity index (χ0n) is 11.3. The van der Waals surface area contributed by atoms with Gasteiger partial charge in [0.1, 0.15) is 18.0 Å². The average molecular weight is 234 g/mol. The van der Waals surface area contributed by atoms with Gasteiger partial charge in [-0.25, -0.2) is 0 Å². The molecule has 0 aromatic heterocycles. The molecular weight excluding hydrogens is 212 g/mol. The molecule has 1 atom stereocenters. The van der Waals surface area contributed by atoms with E-state index in [-0.39, 0.29) is 5.60 Å². The number of ether oxygens (including phenoxy) is 2. The fraction of sp³-hybridized carbons (Fsp3) is 0.600. The molecule has 1 saturated heterocycles. The van der Waals surface area contributed by atoms with Gasteiger partial charge in [-0.1, -0.05) is 31.5 Å². The number of benzene rings is 1. The monoisotopic (exact) mass is 234 g/mol. The Morgan fingerprint density at radius 1 is 1.24 bits per heavy atom. The molecule has 0 N–H and O–H groups in total. The molecule has 1 aromatic carbocycles. The quantitative estimate of drug-likeness (QED) is 0.729. The zero-order chi connectivity index (χ0) is 12.5. The molecule has 0 amide bonds. The Bertz CT molecular complexity index is 380. The van der Waals surface area contributed by atoms with Crippen LogP contribution < -0.4 is 4.74 Å². The minimum Gasteiger partial charge on any atom is -0.490 e. The summed E-state index contributed by atoms with van der Waals surface area (Å²) in [5.41, 5.74) is 3.90. The van der Waals surface area contributed by atoms with Crippen molar-refractivity contribution in [3.8, 4) is 5.75 Å². The van der Waals surface area contributed by atoms with Crippen LogP contribution >= 0.6 is 0 Å². The van der Waals surface area contributed by atoms with Crippen LogP contribution in [0.2, 0.25) is 0 Å². The highest BCUT2D eigenvalue weighted by Gasteiger charge is 2.40. The molecular formula is C15H22O2. The topological polar surface area (TPSA) is 21.8 Å². The maximum Gasteiger partial charge on any atom is 0.125 e. The number of hydrogen-bond acceptors (Lipinski definition) is 2. The van der Waals surface area contributed by atoms with Crippen molar-refractivity contribution >= 4 is 0 Å². The van der Waals surface area contributed by atoms with Crippen LogP contribution in [0, 0.1) is 6.92 Å². The van der Waals surface area contributed by atoms with Gasteiger partial charge in [0.25, 0.3) is 0 Å². The Labute approximate surface area is 104 Å². The third kappa shape index (κ3) is 2.81. The van der Waals surface area contributed by atoms with Crippen molar-refractivity contribution in [3.05, 3.63) is 28.8 Å². The highest BCUT2D eigenvalue weighted by Crippen LogP contribution is 2.31. The van der Waals surface area contributed by atoms with Crippen LogP contribution in [-0.4, -0.2) is 18.8 Å². The normalized spacial score (nSPS) is 22.6. The van der Waals surface area contributed by atoms with E-state index < -0.39 is 0 Å². The summed E-state index contributed by atoms with van der Waals surface area (Å²) in [6.07, 6.45) is 2.03. The molecule has 94 valence electrons. The number of hydrogen-bond donors (Lipinski definition) is 0. The van der Waals surface area contributed by atoms with Crippen LogP contribution in [0.1, 0.15) is 37.5 Å². The van der Waals surface area contributed by atoms with Crippen molar-refractivity contribution in [1.29, 1.82) is 0 Å². The highest BCUT2D eigenvalue weighted by molar-refractivity contribution is 5.44. The predicted molar refractivity (Wildman–Crippen MR) is 69.8 cm³/mol. The molecule has 1 fully saturated rings. The molecule has 0 aliphatic carbocycles. The average Bonchev–Trinajstić information content (AvgIpc) is 3.04. The van der Waals surface area contributed by atoms with E-state index in [0.29, 0.717) is 6.61 Å². The molecule has 0 saturated carbocycles. The highest BCUT2D eigenvalue weighted by atomic mass is 16.6. The van der Waals surface area contributed by atoms with Crippen LogP contribution in [0.4, 0.5) is 0 Å². The first-order valence-electron chi connectivity index (χ1n) is 6.47.